The number of nitrogens with one attached hydrogen (secondary N) is 2. The van der Waals surface area contributed by atoms with Crippen LogP contribution in [0, 0.1) is 0 Å². The molecular weight excluding hydrogens is 202 g/mol. The highest BCUT2D eigenvalue weighted by molar-refractivity contribution is 5.76. The van der Waals surface area contributed by atoms with Gasteiger partial charge in [-0.25, -0.2) is 4.98 Å². The average molecular weight is 217 g/mol. The molecule has 1 aromatic heterocycles. The van der Waals surface area contributed by atoms with Crippen LogP contribution in [-0.2, 0) is 5.41 Å². The molecule has 0 aliphatic carbocycles. The number of rotatable bonds is 1. The first-order valence-electron chi connectivity index (χ1n) is 5.57. The van der Waals surface area contributed by atoms with Crippen molar-refractivity contribution >= 4 is 11.0 Å². The van der Waals surface area contributed by atoms with E-state index < -0.39 is 0 Å². The van der Waals surface area contributed by atoms with Gasteiger partial charge in [0.15, 0.2) is 0 Å². The van der Waals surface area contributed by atoms with Crippen LogP contribution in [0.4, 0.5) is 0 Å². The number of aromatic amines is 1. The SMILES string of the molecule is CC1(c2nc3ccc(O)cc3[nH]2)CCNC1. The molecule has 1 unspecified atom stereocenters. The summed E-state index contributed by atoms with van der Waals surface area (Å²) in [5.74, 6) is 1.29. The number of hydrogen-bond donors (Lipinski definition) is 3. The molecule has 2 heterocycles. The van der Waals surface area contributed by atoms with Crippen molar-refractivity contribution in [2.24, 2.45) is 0 Å². The lowest BCUT2D eigenvalue weighted by Gasteiger charge is -2.18. The van der Waals surface area contributed by atoms with Crippen LogP contribution in [-0.4, -0.2) is 28.2 Å². The third-order valence-electron chi connectivity index (χ3n) is 3.41. The molecule has 3 rings (SSSR count). The number of aromatic hydroxyl groups is 1. The Bertz CT molecular complexity index is 526. The van der Waals surface area contributed by atoms with Gasteiger partial charge in [0.1, 0.15) is 11.6 Å². The van der Waals surface area contributed by atoms with Gasteiger partial charge < -0.3 is 15.4 Å². The lowest BCUT2D eigenvalue weighted by Crippen LogP contribution is -2.26. The molecule has 1 aliphatic heterocycles. The van der Waals surface area contributed by atoms with E-state index >= 15 is 0 Å². The smallest absolute Gasteiger partial charge is 0.117 e. The Morgan fingerprint density at radius 2 is 2.31 bits per heavy atom. The molecule has 0 saturated carbocycles. The van der Waals surface area contributed by atoms with Crippen molar-refractivity contribution < 1.29 is 5.11 Å². The highest BCUT2D eigenvalue weighted by atomic mass is 16.3. The molecule has 1 fully saturated rings. The van der Waals surface area contributed by atoms with Crippen LogP contribution in [0.25, 0.3) is 11.0 Å². The Hall–Kier alpha value is -1.55. The van der Waals surface area contributed by atoms with Crippen LogP contribution >= 0.6 is 0 Å². The summed E-state index contributed by atoms with van der Waals surface area (Å²) in [5.41, 5.74) is 1.92. The van der Waals surface area contributed by atoms with Crippen LogP contribution < -0.4 is 5.32 Å². The van der Waals surface area contributed by atoms with Crippen LogP contribution in [0.15, 0.2) is 18.2 Å². The average Bonchev–Trinajstić information content (AvgIpc) is 2.84. The van der Waals surface area contributed by atoms with Crippen LogP contribution in [0.2, 0.25) is 0 Å². The summed E-state index contributed by atoms with van der Waals surface area (Å²) >= 11 is 0. The molecule has 2 aromatic rings. The highest BCUT2D eigenvalue weighted by Crippen LogP contribution is 2.30. The molecule has 0 bridgehead atoms. The molecule has 4 nitrogen and oxygen atoms in total. The first-order chi connectivity index (χ1) is 7.67. The predicted octanol–water partition coefficient (Wildman–Crippen LogP) is 1.52. The molecule has 4 heteroatoms. The first-order valence-corrected chi connectivity index (χ1v) is 5.57. The van der Waals surface area contributed by atoms with Gasteiger partial charge in [0.05, 0.1) is 11.0 Å². The fraction of sp³-hybridized carbons (Fsp3) is 0.417. The van der Waals surface area contributed by atoms with E-state index in [2.05, 4.69) is 22.2 Å². The van der Waals surface area contributed by atoms with E-state index in [9.17, 15) is 5.11 Å². The van der Waals surface area contributed by atoms with E-state index in [4.69, 9.17) is 0 Å². The van der Waals surface area contributed by atoms with Gasteiger partial charge in [-0.3, -0.25) is 0 Å². The van der Waals surface area contributed by atoms with E-state index in [0.717, 1.165) is 36.4 Å². The molecule has 16 heavy (non-hydrogen) atoms. The number of nitrogens with zero attached hydrogens (tertiary/aromatic N) is 1. The lowest BCUT2D eigenvalue weighted by atomic mass is 9.89. The van der Waals surface area contributed by atoms with Crippen molar-refractivity contribution in [3.8, 4) is 5.75 Å². The maximum atomic E-state index is 9.41. The number of phenolic OH excluding ortho intramolecular Hbond substituents is 1. The third-order valence-corrected chi connectivity index (χ3v) is 3.41. The minimum atomic E-state index is 0.0919. The van der Waals surface area contributed by atoms with Gasteiger partial charge in [0.25, 0.3) is 0 Å². The van der Waals surface area contributed by atoms with E-state index in [1.165, 1.54) is 0 Å². The van der Waals surface area contributed by atoms with Gasteiger partial charge in [-0.05, 0) is 25.1 Å². The second-order valence-electron chi connectivity index (χ2n) is 4.77. The largest absolute Gasteiger partial charge is 0.508 e. The number of H-pyrrole nitrogens is 1. The van der Waals surface area contributed by atoms with Crippen molar-refractivity contribution in [1.82, 2.24) is 15.3 Å². The standard InChI is InChI=1S/C12H15N3O/c1-12(4-5-13-7-12)11-14-9-3-2-8(16)6-10(9)15-11/h2-3,6,13,16H,4-5,7H2,1H3,(H,14,15). The van der Waals surface area contributed by atoms with Crippen molar-refractivity contribution in [1.29, 1.82) is 0 Å². The zero-order valence-electron chi connectivity index (χ0n) is 9.25. The molecule has 1 aliphatic rings. The minimum absolute atomic E-state index is 0.0919. The number of benzene rings is 1. The Labute approximate surface area is 93.7 Å². The molecule has 1 atom stereocenters. The Balaban J connectivity index is 2.11. The van der Waals surface area contributed by atoms with E-state index in [0.29, 0.717) is 0 Å². The first kappa shape index (κ1) is 9.66. The molecule has 0 spiro atoms. The van der Waals surface area contributed by atoms with Crippen LogP contribution in [0.3, 0.4) is 0 Å². The summed E-state index contributed by atoms with van der Waals surface area (Å²) in [6.45, 7) is 4.21. The topological polar surface area (TPSA) is 60.9 Å². The normalized spacial score (nSPS) is 25.3. The van der Waals surface area contributed by atoms with Crippen molar-refractivity contribution in [3.05, 3.63) is 24.0 Å². The van der Waals surface area contributed by atoms with Crippen molar-refractivity contribution in [2.75, 3.05) is 13.1 Å². The van der Waals surface area contributed by atoms with Gasteiger partial charge in [-0.1, -0.05) is 6.92 Å². The monoisotopic (exact) mass is 217 g/mol. The van der Waals surface area contributed by atoms with Gasteiger partial charge in [-0.2, -0.15) is 0 Å². The van der Waals surface area contributed by atoms with Crippen LogP contribution in [0.1, 0.15) is 19.2 Å². The maximum absolute atomic E-state index is 9.41. The predicted molar refractivity (Wildman–Crippen MR) is 62.6 cm³/mol. The summed E-state index contributed by atoms with van der Waals surface area (Å²) in [5, 5.41) is 12.8. The minimum Gasteiger partial charge on any atom is -0.508 e. The highest BCUT2D eigenvalue weighted by Gasteiger charge is 2.33. The van der Waals surface area contributed by atoms with E-state index in [1.807, 2.05) is 6.07 Å². The molecular formula is C12H15N3O. The second kappa shape index (κ2) is 3.22. The quantitative estimate of drug-likeness (QED) is 0.678. The van der Waals surface area contributed by atoms with Gasteiger partial charge in [0, 0.05) is 18.0 Å². The Kier molecular flexibility index (Phi) is 1.94. The zero-order valence-corrected chi connectivity index (χ0v) is 9.25. The second-order valence-corrected chi connectivity index (χ2v) is 4.77. The molecule has 3 N–H and O–H groups in total. The van der Waals surface area contributed by atoms with Gasteiger partial charge in [0.2, 0.25) is 0 Å². The zero-order chi connectivity index (χ0) is 11.2. The Morgan fingerprint density at radius 1 is 1.44 bits per heavy atom. The molecule has 0 radical (unpaired) electrons. The summed E-state index contributed by atoms with van der Waals surface area (Å²) in [7, 11) is 0. The molecule has 0 amide bonds. The lowest BCUT2D eigenvalue weighted by molar-refractivity contribution is 0.476. The molecule has 1 aromatic carbocycles. The fourth-order valence-electron chi connectivity index (χ4n) is 2.30. The summed E-state index contributed by atoms with van der Waals surface area (Å²) < 4.78 is 0. The van der Waals surface area contributed by atoms with Crippen molar-refractivity contribution in [2.45, 2.75) is 18.8 Å². The number of hydrogen-bond acceptors (Lipinski definition) is 3. The third kappa shape index (κ3) is 1.38. The fourth-order valence-corrected chi connectivity index (χ4v) is 2.30. The number of aromatic nitrogens is 2. The number of fused-ring (bicyclic) bond motifs is 1. The Morgan fingerprint density at radius 3 is 3.06 bits per heavy atom. The maximum Gasteiger partial charge on any atom is 0.117 e. The summed E-state index contributed by atoms with van der Waals surface area (Å²) in [4.78, 5) is 7.91. The summed E-state index contributed by atoms with van der Waals surface area (Å²) in [6.07, 6.45) is 1.10. The van der Waals surface area contributed by atoms with E-state index in [-0.39, 0.29) is 11.2 Å². The molecule has 1 saturated heterocycles. The molecule has 84 valence electrons. The number of imidazole rings is 1. The number of phenols is 1. The van der Waals surface area contributed by atoms with E-state index in [1.54, 1.807) is 12.1 Å². The van der Waals surface area contributed by atoms with Crippen molar-refractivity contribution in [3.63, 3.8) is 0 Å². The van der Waals surface area contributed by atoms with Crippen LogP contribution in [0.5, 0.6) is 5.75 Å². The van der Waals surface area contributed by atoms with Gasteiger partial charge >= 0.3 is 0 Å². The summed E-state index contributed by atoms with van der Waals surface area (Å²) in [6, 6.07) is 5.23. The van der Waals surface area contributed by atoms with Gasteiger partial charge in [-0.15, -0.1) is 0 Å².